The molecule has 0 radical (unpaired) electrons. The number of nitrogens with zero attached hydrogens (tertiary/aromatic N) is 1. The molecule has 114 valence electrons. The van der Waals surface area contributed by atoms with Gasteiger partial charge in [-0.1, -0.05) is 20.8 Å². The first kappa shape index (κ1) is 14.4. The Morgan fingerprint density at radius 3 is 2.05 bits per heavy atom. The van der Waals surface area contributed by atoms with E-state index in [-0.39, 0.29) is 0 Å². The SMILES string of the molecule is CC(C)(C)C1CCC(C(=O)N2CC3CNCC3C2)CC1. The van der Waals surface area contributed by atoms with E-state index < -0.39 is 0 Å². The van der Waals surface area contributed by atoms with Gasteiger partial charge in [-0.2, -0.15) is 0 Å². The number of hydrogen-bond acceptors (Lipinski definition) is 2. The van der Waals surface area contributed by atoms with E-state index in [0.717, 1.165) is 56.8 Å². The summed E-state index contributed by atoms with van der Waals surface area (Å²) in [5.74, 6) is 3.04. The van der Waals surface area contributed by atoms with Gasteiger partial charge in [-0.25, -0.2) is 0 Å². The summed E-state index contributed by atoms with van der Waals surface area (Å²) in [6.07, 6.45) is 4.71. The van der Waals surface area contributed by atoms with E-state index in [9.17, 15) is 4.79 Å². The van der Waals surface area contributed by atoms with Gasteiger partial charge in [0.2, 0.25) is 5.91 Å². The van der Waals surface area contributed by atoms with Crippen LogP contribution in [0.3, 0.4) is 0 Å². The van der Waals surface area contributed by atoms with Crippen molar-refractivity contribution in [2.75, 3.05) is 26.2 Å². The second-order valence-corrected chi connectivity index (χ2v) is 8.34. The highest BCUT2D eigenvalue weighted by molar-refractivity contribution is 5.79. The van der Waals surface area contributed by atoms with Crippen LogP contribution in [0, 0.1) is 29.1 Å². The van der Waals surface area contributed by atoms with Gasteiger partial charge in [-0.3, -0.25) is 4.79 Å². The lowest BCUT2D eigenvalue weighted by Crippen LogP contribution is -2.39. The molecule has 0 spiro atoms. The van der Waals surface area contributed by atoms with E-state index in [0.29, 0.717) is 17.2 Å². The van der Waals surface area contributed by atoms with Crippen molar-refractivity contribution in [3.8, 4) is 0 Å². The van der Waals surface area contributed by atoms with E-state index in [1.807, 2.05) is 0 Å². The first-order chi connectivity index (χ1) is 9.45. The molecule has 1 saturated carbocycles. The highest BCUT2D eigenvalue weighted by Gasteiger charge is 2.41. The lowest BCUT2D eigenvalue weighted by atomic mass is 9.69. The number of amides is 1. The zero-order chi connectivity index (χ0) is 14.3. The average molecular weight is 278 g/mol. The van der Waals surface area contributed by atoms with Crippen LogP contribution >= 0.6 is 0 Å². The third-order valence-electron chi connectivity index (χ3n) is 6.00. The average Bonchev–Trinajstić information content (AvgIpc) is 2.97. The van der Waals surface area contributed by atoms with E-state index in [1.54, 1.807) is 0 Å². The second kappa shape index (κ2) is 5.32. The molecule has 0 aromatic carbocycles. The van der Waals surface area contributed by atoms with Crippen LogP contribution in [0.1, 0.15) is 46.5 Å². The maximum Gasteiger partial charge on any atom is 0.225 e. The molecule has 2 unspecified atom stereocenters. The molecule has 3 heteroatoms. The Morgan fingerprint density at radius 1 is 1.00 bits per heavy atom. The predicted molar refractivity (Wildman–Crippen MR) is 81.3 cm³/mol. The van der Waals surface area contributed by atoms with Gasteiger partial charge in [0.25, 0.3) is 0 Å². The number of fused-ring (bicyclic) bond motifs is 1. The Hall–Kier alpha value is -0.570. The van der Waals surface area contributed by atoms with E-state index in [1.165, 1.54) is 12.8 Å². The third kappa shape index (κ3) is 2.74. The van der Waals surface area contributed by atoms with E-state index in [4.69, 9.17) is 0 Å². The van der Waals surface area contributed by atoms with Crippen LogP contribution in [0.15, 0.2) is 0 Å². The van der Waals surface area contributed by atoms with Crippen LogP contribution in [-0.4, -0.2) is 37.0 Å². The number of hydrogen-bond donors (Lipinski definition) is 1. The molecule has 1 aliphatic carbocycles. The Morgan fingerprint density at radius 2 is 1.55 bits per heavy atom. The fraction of sp³-hybridized carbons (Fsp3) is 0.941. The summed E-state index contributed by atoms with van der Waals surface area (Å²) in [6, 6.07) is 0. The standard InChI is InChI=1S/C17H30N2O/c1-17(2,3)15-6-4-12(5-7-15)16(20)19-10-13-8-18-9-14(13)11-19/h12-15,18H,4-11H2,1-3H3. The van der Waals surface area contributed by atoms with Gasteiger partial charge in [0.05, 0.1) is 0 Å². The molecule has 0 bridgehead atoms. The minimum Gasteiger partial charge on any atom is -0.342 e. The molecule has 1 N–H and O–H groups in total. The summed E-state index contributed by atoms with van der Waals surface area (Å²) in [5, 5.41) is 3.45. The van der Waals surface area contributed by atoms with Gasteiger partial charge in [0, 0.05) is 32.1 Å². The molecular formula is C17H30N2O. The largest absolute Gasteiger partial charge is 0.342 e. The molecule has 0 aromatic heterocycles. The quantitative estimate of drug-likeness (QED) is 0.799. The Balaban J connectivity index is 1.52. The zero-order valence-corrected chi connectivity index (χ0v) is 13.3. The van der Waals surface area contributed by atoms with Gasteiger partial charge in [-0.15, -0.1) is 0 Å². The Kier molecular flexibility index (Phi) is 3.83. The van der Waals surface area contributed by atoms with Crippen molar-refractivity contribution in [1.82, 2.24) is 10.2 Å². The van der Waals surface area contributed by atoms with Crippen molar-refractivity contribution in [2.45, 2.75) is 46.5 Å². The minimum absolute atomic E-state index is 0.320. The van der Waals surface area contributed by atoms with Crippen LogP contribution in [0.4, 0.5) is 0 Å². The number of carbonyl (C=O) groups excluding carboxylic acids is 1. The van der Waals surface area contributed by atoms with Crippen molar-refractivity contribution in [3.05, 3.63) is 0 Å². The Labute approximate surface area is 123 Å². The fourth-order valence-corrected chi connectivity index (χ4v) is 4.50. The van der Waals surface area contributed by atoms with Gasteiger partial charge in [0.1, 0.15) is 0 Å². The number of carbonyl (C=O) groups is 1. The van der Waals surface area contributed by atoms with Crippen molar-refractivity contribution in [1.29, 1.82) is 0 Å². The highest BCUT2D eigenvalue weighted by atomic mass is 16.2. The molecule has 3 aliphatic rings. The van der Waals surface area contributed by atoms with Gasteiger partial charge in [-0.05, 0) is 48.9 Å². The van der Waals surface area contributed by atoms with E-state index >= 15 is 0 Å². The second-order valence-electron chi connectivity index (χ2n) is 8.34. The summed E-state index contributed by atoms with van der Waals surface area (Å²) in [5.41, 5.74) is 0.407. The number of nitrogens with one attached hydrogen (secondary N) is 1. The smallest absolute Gasteiger partial charge is 0.225 e. The lowest BCUT2D eigenvalue weighted by molar-refractivity contribution is -0.136. The summed E-state index contributed by atoms with van der Waals surface area (Å²) >= 11 is 0. The molecule has 3 rings (SSSR count). The number of rotatable bonds is 1. The molecule has 3 nitrogen and oxygen atoms in total. The van der Waals surface area contributed by atoms with Gasteiger partial charge < -0.3 is 10.2 Å². The Bertz CT molecular complexity index is 354. The molecular weight excluding hydrogens is 248 g/mol. The van der Waals surface area contributed by atoms with Crippen molar-refractivity contribution < 1.29 is 4.79 Å². The monoisotopic (exact) mass is 278 g/mol. The van der Waals surface area contributed by atoms with Gasteiger partial charge >= 0.3 is 0 Å². The van der Waals surface area contributed by atoms with Crippen molar-refractivity contribution in [3.63, 3.8) is 0 Å². The molecule has 2 saturated heterocycles. The number of likely N-dealkylation sites (tertiary alicyclic amines) is 1. The molecule has 2 heterocycles. The zero-order valence-electron chi connectivity index (χ0n) is 13.3. The molecule has 20 heavy (non-hydrogen) atoms. The van der Waals surface area contributed by atoms with Crippen LogP contribution in [0.5, 0.6) is 0 Å². The normalized spacial score (nSPS) is 38.0. The molecule has 1 amide bonds. The summed E-state index contributed by atoms with van der Waals surface area (Å²) < 4.78 is 0. The summed E-state index contributed by atoms with van der Waals surface area (Å²) in [7, 11) is 0. The maximum absolute atomic E-state index is 12.7. The van der Waals surface area contributed by atoms with Crippen LogP contribution in [-0.2, 0) is 4.79 Å². The first-order valence-electron chi connectivity index (χ1n) is 8.44. The van der Waals surface area contributed by atoms with E-state index in [2.05, 4.69) is 31.0 Å². The minimum atomic E-state index is 0.320. The van der Waals surface area contributed by atoms with Gasteiger partial charge in [0.15, 0.2) is 0 Å². The highest BCUT2D eigenvalue weighted by Crippen LogP contribution is 2.40. The van der Waals surface area contributed by atoms with Crippen LogP contribution in [0.25, 0.3) is 0 Å². The van der Waals surface area contributed by atoms with Crippen molar-refractivity contribution in [2.24, 2.45) is 29.1 Å². The van der Waals surface area contributed by atoms with Crippen LogP contribution in [0.2, 0.25) is 0 Å². The molecule has 2 aliphatic heterocycles. The summed E-state index contributed by atoms with van der Waals surface area (Å²) in [6.45, 7) is 11.3. The molecule has 0 aromatic rings. The third-order valence-corrected chi connectivity index (χ3v) is 6.00. The molecule has 2 atom stereocenters. The topological polar surface area (TPSA) is 32.3 Å². The predicted octanol–water partition coefficient (Wildman–Crippen LogP) is 2.52. The molecule has 3 fully saturated rings. The maximum atomic E-state index is 12.7. The van der Waals surface area contributed by atoms with Crippen LogP contribution < -0.4 is 5.32 Å². The lowest BCUT2D eigenvalue weighted by Gasteiger charge is -2.37. The van der Waals surface area contributed by atoms with Crippen molar-refractivity contribution >= 4 is 5.91 Å². The fourth-order valence-electron chi connectivity index (χ4n) is 4.50. The summed E-state index contributed by atoms with van der Waals surface area (Å²) in [4.78, 5) is 14.9. The first-order valence-corrected chi connectivity index (χ1v) is 8.44.